The molecule has 0 aliphatic heterocycles. The summed E-state index contributed by atoms with van der Waals surface area (Å²) in [7, 11) is 1.26. The van der Waals surface area contributed by atoms with E-state index in [0.717, 1.165) is 6.07 Å². The molecule has 0 spiro atoms. The van der Waals surface area contributed by atoms with Gasteiger partial charge in [0.15, 0.2) is 5.60 Å². The van der Waals surface area contributed by atoms with Crippen molar-refractivity contribution in [2.24, 2.45) is 0 Å². The van der Waals surface area contributed by atoms with E-state index in [2.05, 4.69) is 14.7 Å². The Labute approximate surface area is 199 Å². The van der Waals surface area contributed by atoms with Gasteiger partial charge in [-0.25, -0.2) is 4.79 Å². The number of esters is 1. The second-order valence-electron chi connectivity index (χ2n) is 7.67. The third kappa shape index (κ3) is 5.15. The van der Waals surface area contributed by atoms with Gasteiger partial charge < -0.3 is 14.6 Å². The topological polar surface area (TPSA) is 81.5 Å². The van der Waals surface area contributed by atoms with Crippen molar-refractivity contribution in [3.05, 3.63) is 88.0 Å². The van der Waals surface area contributed by atoms with E-state index >= 15 is 0 Å². The molecule has 3 aromatic rings. The highest BCUT2D eigenvalue weighted by Crippen LogP contribution is 2.50. The first-order valence-corrected chi connectivity index (χ1v) is 10.5. The molecular formula is C24H22ClF3N2O4. The second kappa shape index (κ2) is 9.99. The van der Waals surface area contributed by atoms with Gasteiger partial charge in [0.25, 0.3) is 0 Å². The van der Waals surface area contributed by atoms with E-state index in [4.69, 9.17) is 16.3 Å². The quantitative estimate of drug-likeness (QED) is 0.445. The zero-order valence-corrected chi connectivity index (χ0v) is 19.3. The second-order valence-corrected chi connectivity index (χ2v) is 8.08. The third-order valence-electron chi connectivity index (χ3n) is 5.46. The highest BCUT2D eigenvalue weighted by molar-refractivity contribution is 6.31. The van der Waals surface area contributed by atoms with Crippen LogP contribution in [-0.4, -0.2) is 34.3 Å². The standard InChI is InChI=1S/C24H22ClF3N2O4/c1-14-10-17(7-9-29-14)23(32,24(26,27)28)15(2)20-5-4-19(12-21(20)25)34-13-18-11-16(6-8-30-18)22(31)33-3/h4-12,15,32H,13H2,1-3H3. The Morgan fingerprint density at radius 3 is 2.44 bits per heavy atom. The Kier molecular flexibility index (Phi) is 7.48. The third-order valence-corrected chi connectivity index (χ3v) is 5.79. The fourth-order valence-electron chi connectivity index (χ4n) is 3.57. The number of halogens is 4. The van der Waals surface area contributed by atoms with Gasteiger partial charge >= 0.3 is 12.1 Å². The summed E-state index contributed by atoms with van der Waals surface area (Å²) in [4.78, 5) is 19.7. The van der Waals surface area contributed by atoms with Crippen molar-refractivity contribution >= 4 is 17.6 Å². The summed E-state index contributed by atoms with van der Waals surface area (Å²) in [5, 5.41) is 10.9. The molecule has 0 aliphatic rings. The molecule has 2 heterocycles. The Balaban J connectivity index is 1.85. The van der Waals surface area contributed by atoms with Crippen molar-refractivity contribution in [3.8, 4) is 5.75 Å². The van der Waals surface area contributed by atoms with Crippen LogP contribution in [0.2, 0.25) is 5.02 Å². The molecule has 0 fully saturated rings. The maximum atomic E-state index is 14.1. The van der Waals surface area contributed by atoms with Gasteiger partial charge in [-0.2, -0.15) is 13.2 Å². The van der Waals surface area contributed by atoms with Gasteiger partial charge in [-0.05, 0) is 54.4 Å². The number of ether oxygens (including phenoxy) is 2. The molecule has 0 aliphatic carbocycles. The van der Waals surface area contributed by atoms with Crippen LogP contribution in [0.1, 0.15) is 45.7 Å². The number of benzene rings is 1. The number of rotatable bonds is 7. The lowest BCUT2D eigenvalue weighted by Crippen LogP contribution is -2.46. The number of hydrogen-bond acceptors (Lipinski definition) is 6. The Bertz CT molecular complexity index is 1190. The molecule has 2 unspecified atom stereocenters. The van der Waals surface area contributed by atoms with Gasteiger partial charge in [-0.1, -0.05) is 24.6 Å². The Hall–Kier alpha value is -3.17. The van der Waals surface area contributed by atoms with Crippen LogP contribution >= 0.6 is 11.6 Å². The van der Waals surface area contributed by atoms with E-state index < -0.39 is 23.7 Å². The largest absolute Gasteiger partial charge is 0.487 e. The fraction of sp³-hybridized carbons (Fsp3) is 0.292. The number of aliphatic hydroxyl groups is 1. The number of alkyl halides is 3. The Morgan fingerprint density at radius 2 is 1.82 bits per heavy atom. The minimum Gasteiger partial charge on any atom is -0.487 e. The lowest BCUT2D eigenvalue weighted by Gasteiger charge is -2.37. The fourth-order valence-corrected chi connectivity index (χ4v) is 3.91. The summed E-state index contributed by atoms with van der Waals surface area (Å²) in [5.41, 5.74) is -2.34. The molecule has 180 valence electrons. The van der Waals surface area contributed by atoms with Gasteiger partial charge in [0.2, 0.25) is 0 Å². The van der Waals surface area contributed by atoms with Crippen molar-refractivity contribution in [2.75, 3.05) is 7.11 Å². The van der Waals surface area contributed by atoms with Crippen LogP contribution in [0.25, 0.3) is 0 Å². The zero-order valence-electron chi connectivity index (χ0n) is 18.6. The van der Waals surface area contributed by atoms with E-state index in [1.807, 2.05) is 0 Å². The number of nitrogens with zero attached hydrogens (tertiary/aromatic N) is 2. The van der Waals surface area contributed by atoms with Crippen molar-refractivity contribution < 1.29 is 32.5 Å². The van der Waals surface area contributed by atoms with Gasteiger partial charge in [0.1, 0.15) is 12.4 Å². The highest BCUT2D eigenvalue weighted by Gasteiger charge is 2.59. The predicted octanol–water partition coefficient (Wildman–Crippen LogP) is 5.36. The van der Waals surface area contributed by atoms with Crippen molar-refractivity contribution in [3.63, 3.8) is 0 Å². The van der Waals surface area contributed by atoms with Crippen LogP contribution in [-0.2, 0) is 16.9 Å². The van der Waals surface area contributed by atoms with Crippen LogP contribution in [0.3, 0.4) is 0 Å². The van der Waals surface area contributed by atoms with Crippen LogP contribution < -0.4 is 4.74 Å². The minimum absolute atomic E-state index is 0.00489. The molecule has 0 saturated carbocycles. The normalized spacial score (nSPS) is 14.2. The van der Waals surface area contributed by atoms with E-state index in [-0.39, 0.29) is 28.5 Å². The van der Waals surface area contributed by atoms with Crippen LogP contribution in [0, 0.1) is 6.92 Å². The number of carbonyl (C=O) groups excluding carboxylic acids is 1. The van der Waals surface area contributed by atoms with E-state index in [1.165, 1.54) is 62.8 Å². The van der Waals surface area contributed by atoms with E-state index in [9.17, 15) is 23.1 Å². The molecule has 2 atom stereocenters. The number of aryl methyl sites for hydroxylation is 1. The van der Waals surface area contributed by atoms with Crippen LogP contribution in [0.15, 0.2) is 54.9 Å². The molecule has 0 radical (unpaired) electrons. The highest BCUT2D eigenvalue weighted by atomic mass is 35.5. The summed E-state index contributed by atoms with van der Waals surface area (Å²) in [5.74, 6) is -1.68. The van der Waals surface area contributed by atoms with E-state index in [1.54, 1.807) is 6.92 Å². The SMILES string of the molecule is COC(=O)c1ccnc(COc2ccc(C(C)C(O)(c3ccnc(C)c3)C(F)(F)F)c(Cl)c2)c1. The maximum Gasteiger partial charge on any atom is 0.422 e. The molecule has 0 amide bonds. The van der Waals surface area contributed by atoms with Crippen LogP contribution in [0.4, 0.5) is 13.2 Å². The minimum atomic E-state index is -4.98. The smallest absolute Gasteiger partial charge is 0.422 e. The zero-order chi connectivity index (χ0) is 25.1. The van der Waals surface area contributed by atoms with Crippen molar-refractivity contribution in [1.29, 1.82) is 0 Å². The number of hydrogen-bond donors (Lipinski definition) is 1. The van der Waals surface area contributed by atoms with Gasteiger partial charge in [0.05, 0.1) is 18.4 Å². The summed E-state index contributed by atoms with van der Waals surface area (Å²) in [6, 6.07) is 9.54. The molecular weight excluding hydrogens is 473 g/mol. The average Bonchev–Trinajstić information content (AvgIpc) is 2.80. The Morgan fingerprint density at radius 1 is 1.12 bits per heavy atom. The molecule has 3 rings (SSSR count). The van der Waals surface area contributed by atoms with E-state index in [0.29, 0.717) is 17.0 Å². The summed E-state index contributed by atoms with van der Waals surface area (Å²) < 4.78 is 52.6. The maximum absolute atomic E-state index is 14.1. The number of pyridine rings is 2. The molecule has 2 aromatic heterocycles. The summed E-state index contributed by atoms with van der Waals surface area (Å²) >= 11 is 6.32. The number of carbonyl (C=O) groups is 1. The average molecular weight is 495 g/mol. The molecule has 0 bridgehead atoms. The van der Waals surface area contributed by atoms with Gasteiger partial charge in [0, 0.05) is 29.0 Å². The van der Waals surface area contributed by atoms with Crippen molar-refractivity contribution in [1.82, 2.24) is 9.97 Å². The molecule has 1 N–H and O–H groups in total. The molecule has 34 heavy (non-hydrogen) atoms. The lowest BCUT2D eigenvalue weighted by atomic mass is 9.78. The first-order chi connectivity index (χ1) is 16.0. The van der Waals surface area contributed by atoms with Crippen molar-refractivity contribution in [2.45, 2.75) is 38.1 Å². The predicted molar refractivity (Wildman–Crippen MR) is 119 cm³/mol. The molecule has 1 aromatic carbocycles. The lowest BCUT2D eigenvalue weighted by molar-refractivity contribution is -0.274. The summed E-state index contributed by atoms with van der Waals surface area (Å²) in [6.45, 7) is 2.78. The number of aromatic nitrogens is 2. The first kappa shape index (κ1) is 25.5. The van der Waals surface area contributed by atoms with Crippen LogP contribution in [0.5, 0.6) is 5.75 Å². The summed E-state index contributed by atoms with van der Waals surface area (Å²) in [6.07, 6.45) is -2.33. The molecule has 10 heteroatoms. The monoisotopic (exact) mass is 494 g/mol. The number of methoxy groups -OCH3 is 1. The molecule has 6 nitrogen and oxygen atoms in total. The van der Waals surface area contributed by atoms with Gasteiger partial charge in [-0.3, -0.25) is 9.97 Å². The van der Waals surface area contributed by atoms with Gasteiger partial charge in [-0.15, -0.1) is 0 Å². The molecule has 0 saturated heterocycles. The first-order valence-electron chi connectivity index (χ1n) is 10.1.